The minimum absolute atomic E-state index is 0.276. The Balaban J connectivity index is 2.26. The van der Waals surface area contributed by atoms with Gasteiger partial charge in [0, 0.05) is 0 Å². The van der Waals surface area contributed by atoms with E-state index in [2.05, 4.69) is 58.7 Å². The summed E-state index contributed by atoms with van der Waals surface area (Å²) in [5.74, 6) is 0. The molecule has 0 aromatic heterocycles. The van der Waals surface area contributed by atoms with Crippen LogP contribution in [0.2, 0.25) is 4.01 Å². The van der Waals surface area contributed by atoms with Gasteiger partial charge in [0.25, 0.3) is 0 Å². The molecule has 3 aliphatic rings. The molecule has 0 saturated heterocycles. The van der Waals surface area contributed by atoms with E-state index in [-0.39, 0.29) is 4.01 Å². The second-order valence-corrected chi connectivity index (χ2v) is 7.74. The minimum atomic E-state index is 0.276. The first-order valence-electron chi connectivity index (χ1n) is 5.87. The van der Waals surface area contributed by atoms with Gasteiger partial charge in [-0.2, -0.15) is 0 Å². The molecule has 2 saturated carbocycles. The molecule has 3 rings (SSSR count). The molecular weight excluding hydrogens is 271 g/mol. The van der Waals surface area contributed by atoms with Crippen molar-refractivity contribution in [1.82, 2.24) is 0 Å². The molecular formula is C14H19Rh. The number of hydrogen-bond acceptors (Lipinski definition) is 0. The average molecular weight is 290 g/mol. The summed E-state index contributed by atoms with van der Waals surface area (Å²) in [6, 6.07) is 0. The van der Waals surface area contributed by atoms with Crippen LogP contribution in [0, 0.1) is 16.2 Å². The van der Waals surface area contributed by atoms with Gasteiger partial charge in [0.05, 0.1) is 0 Å². The average Bonchev–Trinajstić information content (AvgIpc) is 2.23. The molecule has 0 aliphatic heterocycles. The molecule has 2 atom stereocenters. The zero-order chi connectivity index (χ0) is 11.3. The van der Waals surface area contributed by atoms with Gasteiger partial charge in [0.15, 0.2) is 0 Å². The van der Waals surface area contributed by atoms with Crippen LogP contribution < -0.4 is 0 Å². The van der Waals surface area contributed by atoms with Crippen molar-refractivity contribution in [1.29, 1.82) is 0 Å². The van der Waals surface area contributed by atoms with E-state index in [9.17, 15) is 0 Å². The second kappa shape index (κ2) is 2.22. The molecule has 1 spiro atoms. The Hall–Kier alpha value is 0.143. The molecule has 0 aromatic rings. The zero-order valence-corrected chi connectivity index (χ0v) is 11.9. The predicted octanol–water partition coefficient (Wildman–Crippen LogP) is 4.02. The van der Waals surface area contributed by atoms with Crippen molar-refractivity contribution < 1.29 is 18.3 Å². The van der Waals surface area contributed by atoms with Crippen LogP contribution in [0.1, 0.15) is 47.5 Å². The molecule has 2 unspecified atom stereocenters. The van der Waals surface area contributed by atoms with Gasteiger partial charge >= 0.3 is 103 Å². The Labute approximate surface area is 103 Å². The molecule has 0 radical (unpaired) electrons. The Morgan fingerprint density at radius 2 is 1.73 bits per heavy atom. The fraction of sp³-hybridized carbons (Fsp3) is 0.786. The van der Waals surface area contributed by atoms with Gasteiger partial charge < -0.3 is 0 Å². The van der Waals surface area contributed by atoms with E-state index in [1.807, 2.05) is 0 Å². The maximum absolute atomic E-state index is 3.66. The zero-order valence-electron chi connectivity index (χ0n) is 10.2. The number of hydrogen-bond donors (Lipinski definition) is 0. The van der Waals surface area contributed by atoms with E-state index in [1.165, 1.54) is 18.4 Å². The normalized spacial score (nSPS) is 48.2. The summed E-state index contributed by atoms with van der Waals surface area (Å²) in [5, 5.41) is 0. The molecule has 0 heterocycles. The first-order chi connectivity index (χ1) is 6.73. The summed E-state index contributed by atoms with van der Waals surface area (Å²) in [7, 11) is 0. The van der Waals surface area contributed by atoms with Gasteiger partial charge in [-0.15, -0.1) is 0 Å². The molecule has 3 aliphatic carbocycles. The van der Waals surface area contributed by atoms with Crippen LogP contribution in [-0.4, -0.2) is 0 Å². The predicted molar refractivity (Wildman–Crippen MR) is 58.1 cm³/mol. The first kappa shape index (κ1) is 10.3. The van der Waals surface area contributed by atoms with E-state index in [0.29, 0.717) is 16.2 Å². The second-order valence-electron chi connectivity index (χ2n) is 6.51. The summed E-state index contributed by atoms with van der Waals surface area (Å²) in [6.45, 7) is 12.0. The Kier molecular flexibility index (Phi) is 1.53. The van der Waals surface area contributed by atoms with Gasteiger partial charge in [-0.3, -0.25) is 0 Å². The van der Waals surface area contributed by atoms with Crippen molar-refractivity contribution in [2.75, 3.05) is 0 Å². The van der Waals surface area contributed by atoms with E-state index in [4.69, 9.17) is 0 Å². The summed E-state index contributed by atoms with van der Waals surface area (Å²) in [4.78, 5) is 0. The van der Waals surface area contributed by atoms with Crippen LogP contribution in [-0.2, 0) is 18.3 Å². The van der Waals surface area contributed by atoms with Crippen molar-refractivity contribution in [2.24, 2.45) is 16.2 Å². The topological polar surface area (TPSA) is 0 Å². The molecule has 0 bridgehead atoms. The summed E-state index contributed by atoms with van der Waals surface area (Å²) < 4.78 is 0.276. The van der Waals surface area contributed by atoms with Crippen LogP contribution >= 0.6 is 0 Å². The van der Waals surface area contributed by atoms with Crippen molar-refractivity contribution in [3.05, 3.63) is 16.9 Å². The first-order valence-corrected chi connectivity index (χ1v) is 6.69. The number of rotatable bonds is 0. The van der Waals surface area contributed by atoms with Crippen LogP contribution in [0.5, 0.6) is 0 Å². The molecule has 1 heteroatoms. The Morgan fingerprint density at radius 3 is 2.13 bits per heavy atom. The third-order valence-corrected chi connectivity index (χ3v) is 8.47. The molecule has 0 nitrogen and oxygen atoms in total. The van der Waals surface area contributed by atoms with Crippen molar-refractivity contribution in [2.45, 2.75) is 51.5 Å². The van der Waals surface area contributed by atoms with Gasteiger partial charge in [0.2, 0.25) is 0 Å². The van der Waals surface area contributed by atoms with Crippen molar-refractivity contribution in [3.63, 3.8) is 0 Å². The van der Waals surface area contributed by atoms with Crippen LogP contribution in [0.4, 0.5) is 0 Å². The summed E-state index contributed by atoms with van der Waals surface area (Å²) in [6.07, 6.45) is 2.64. The summed E-state index contributed by atoms with van der Waals surface area (Å²) in [5.41, 5.74) is 7.93. The van der Waals surface area contributed by atoms with Gasteiger partial charge in [-0.25, -0.2) is 0 Å². The van der Waals surface area contributed by atoms with Crippen molar-refractivity contribution >= 4 is 0 Å². The molecule has 0 amide bonds. The maximum atomic E-state index is 3.66. The van der Waals surface area contributed by atoms with Crippen LogP contribution in [0.15, 0.2) is 16.9 Å². The SMILES string of the molecule is CC1=C=C2CCC23C(C)(C)C(C)(C)[C]13[Rh]. The Morgan fingerprint density at radius 1 is 1.13 bits per heavy atom. The third-order valence-electron chi connectivity index (χ3n) is 6.14. The van der Waals surface area contributed by atoms with Crippen LogP contribution in [0.25, 0.3) is 0 Å². The van der Waals surface area contributed by atoms with Crippen molar-refractivity contribution in [3.8, 4) is 0 Å². The molecule has 15 heavy (non-hydrogen) atoms. The number of allylic oxidation sites excluding steroid dienone is 1. The van der Waals surface area contributed by atoms with E-state index < -0.39 is 0 Å². The quantitative estimate of drug-likeness (QED) is 0.467. The monoisotopic (exact) mass is 290 g/mol. The summed E-state index contributed by atoms with van der Waals surface area (Å²) >= 11 is 3.42. The van der Waals surface area contributed by atoms with E-state index in [0.717, 1.165) is 0 Å². The molecule has 84 valence electrons. The molecule has 0 N–H and O–H groups in total. The van der Waals surface area contributed by atoms with Crippen LogP contribution in [0.3, 0.4) is 0 Å². The molecule has 2 fully saturated rings. The Bertz CT molecular complexity index is 410. The molecule has 0 aromatic carbocycles. The fourth-order valence-electron chi connectivity index (χ4n) is 4.66. The van der Waals surface area contributed by atoms with E-state index >= 15 is 0 Å². The third kappa shape index (κ3) is 0.617. The van der Waals surface area contributed by atoms with Gasteiger partial charge in [0.1, 0.15) is 0 Å². The van der Waals surface area contributed by atoms with Gasteiger partial charge in [-0.05, 0) is 0 Å². The van der Waals surface area contributed by atoms with E-state index in [1.54, 1.807) is 5.57 Å². The fourth-order valence-corrected chi connectivity index (χ4v) is 6.24. The standard InChI is InChI=1S/C14H19.Rh/c1-9-8-10-6-7-14(10)11(9)12(2,3)13(14,4)5;/h6-7H2,1-5H3;. The van der Waals surface area contributed by atoms with Gasteiger partial charge in [-0.1, -0.05) is 0 Å².